The van der Waals surface area contributed by atoms with Crippen LogP contribution in [0.25, 0.3) is 11.4 Å². The highest BCUT2D eigenvalue weighted by Gasteiger charge is 2.29. The Bertz CT molecular complexity index is 1070. The monoisotopic (exact) mass is 388 g/mol. The fraction of sp³-hybridized carbons (Fsp3) is 0.286. The van der Waals surface area contributed by atoms with Crippen molar-refractivity contribution in [1.82, 2.24) is 20.2 Å². The molecule has 146 valence electrons. The number of amides is 2. The molecule has 1 aromatic heterocycles. The minimum atomic E-state index is -0.219. The number of tetrazole rings is 1. The summed E-state index contributed by atoms with van der Waals surface area (Å²) in [6.07, 6.45) is 4.09. The van der Waals surface area contributed by atoms with Crippen LogP contribution in [0, 0.1) is 5.92 Å². The molecule has 5 rings (SSSR count). The molecule has 0 unspecified atom stereocenters. The molecule has 2 fully saturated rings. The van der Waals surface area contributed by atoms with E-state index in [2.05, 4.69) is 26.2 Å². The second kappa shape index (κ2) is 7.12. The van der Waals surface area contributed by atoms with Crippen LogP contribution in [-0.2, 0) is 4.79 Å². The van der Waals surface area contributed by atoms with Gasteiger partial charge in [-0.05, 0) is 72.5 Å². The number of aromatic nitrogens is 4. The minimum absolute atomic E-state index is 0.0487. The molecule has 0 spiro atoms. The lowest BCUT2D eigenvalue weighted by Crippen LogP contribution is -2.14. The van der Waals surface area contributed by atoms with E-state index in [9.17, 15) is 9.59 Å². The molecule has 1 heterocycles. The molecule has 0 bridgehead atoms. The van der Waals surface area contributed by atoms with E-state index >= 15 is 0 Å². The molecular formula is C21H20N6O2. The van der Waals surface area contributed by atoms with Crippen LogP contribution >= 0.6 is 0 Å². The molecule has 0 radical (unpaired) electrons. The first-order valence-corrected chi connectivity index (χ1v) is 9.78. The fourth-order valence-electron chi connectivity index (χ4n) is 3.18. The van der Waals surface area contributed by atoms with E-state index < -0.39 is 0 Å². The third-order valence-corrected chi connectivity index (χ3v) is 5.13. The number of nitrogens with one attached hydrogen (secondary N) is 2. The van der Waals surface area contributed by atoms with Crippen molar-refractivity contribution in [3.63, 3.8) is 0 Å². The number of carbonyl (C=O) groups excluding carboxylic acids is 2. The molecule has 2 aromatic carbocycles. The van der Waals surface area contributed by atoms with Gasteiger partial charge in [-0.2, -0.15) is 0 Å². The standard InChI is InChI=1S/C21H20N6O2/c28-20(13-4-5-13)22-16-8-6-14(7-9-16)21(29)23-17-3-1-2-15(12-17)19-24-25-26-27(19)18-10-11-18/h1-3,6-9,12-13,18H,4-5,10-11H2,(H,22,28)(H,23,29). The zero-order valence-electron chi connectivity index (χ0n) is 15.7. The Balaban J connectivity index is 1.28. The summed E-state index contributed by atoms with van der Waals surface area (Å²) < 4.78 is 1.84. The predicted molar refractivity (Wildman–Crippen MR) is 107 cm³/mol. The summed E-state index contributed by atoms with van der Waals surface area (Å²) in [6, 6.07) is 14.8. The lowest BCUT2D eigenvalue weighted by Gasteiger charge is -2.09. The Morgan fingerprint density at radius 2 is 1.72 bits per heavy atom. The average Bonchev–Trinajstić information content (AvgIpc) is 3.67. The van der Waals surface area contributed by atoms with Gasteiger partial charge in [-0.15, -0.1) is 5.10 Å². The quantitative estimate of drug-likeness (QED) is 0.675. The van der Waals surface area contributed by atoms with Crippen LogP contribution in [-0.4, -0.2) is 32.0 Å². The maximum absolute atomic E-state index is 12.6. The van der Waals surface area contributed by atoms with E-state index in [-0.39, 0.29) is 17.7 Å². The minimum Gasteiger partial charge on any atom is -0.326 e. The van der Waals surface area contributed by atoms with Crippen LogP contribution in [0.4, 0.5) is 11.4 Å². The second-order valence-corrected chi connectivity index (χ2v) is 7.55. The summed E-state index contributed by atoms with van der Waals surface area (Å²) in [5, 5.41) is 17.8. The van der Waals surface area contributed by atoms with Gasteiger partial charge in [0.1, 0.15) is 0 Å². The third-order valence-electron chi connectivity index (χ3n) is 5.13. The topological polar surface area (TPSA) is 102 Å². The highest BCUT2D eigenvalue weighted by atomic mass is 16.2. The number of benzene rings is 2. The average molecular weight is 388 g/mol. The predicted octanol–water partition coefficient (Wildman–Crippen LogP) is 3.28. The molecule has 8 heteroatoms. The maximum atomic E-state index is 12.6. The summed E-state index contributed by atoms with van der Waals surface area (Å²) in [5.74, 6) is 0.682. The molecular weight excluding hydrogens is 368 g/mol. The molecule has 0 atom stereocenters. The lowest BCUT2D eigenvalue weighted by atomic mass is 10.1. The summed E-state index contributed by atoms with van der Waals surface area (Å²) in [5.41, 5.74) is 2.75. The van der Waals surface area contributed by atoms with Crippen LogP contribution in [0.1, 0.15) is 42.1 Å². The van der Waals surface area contributed by atoms with Crippen molar-refractivity contribution in [2.75, 3.05) is 10.6 Å². The summed E-state index contributed by atoms with van der Waals surface area (Å²) in [7, 11) is 0. The molecule has 3 aromatic rings. The molecule has 0 saturated heterocycles. The Morgan fingerprint density at radius 3 is 2.45 bits per heavy atom. The number of hydrogen-bond donors (Lipinski definition) is 2. The van der Waals surface area contributed by atoms with E-state index in [1.165, 1.54) is 0 Å². The zero-order valence-corrected chi connectivity index (χ0v) is 15.7. The number of anilines is 2. The Labute approximate surface area is 167 Å². The normalized spacial score (nSPS) is 15.7. The van der Waals surface area contributed by atoms with Crippen LogP contribution in [0.5, 0.6) is 0 Å². The van der Waals surface area contributed by atoms with E-state index in [4.69, 9.17) is 0 Å². The highest BCUT2D eigenvalue weighted by Crippen LogP contribution is 2.36. The van der Waals surface area contributed by atoms with Crippen molar-refractivity contribution in [2.45, 2.75) is 31.7 Å². The van der Waals surface area contributed by atoms with Crippen LogP contribution in [0.2, 0.25) is 0 Å². The van der Waals surface area contributed by atoms with Crippen molar-refractivity contribution in [2.24, 2.45) is 5.92 Å². The highest BCUT2D eigenvalue weighted by molar-refractivity contribution is 6.05. The van der Waals surface area contributed by atoms with Crippen molar-refractivity contribution < 1.29 is 9.59 Å². The molecule has 2 aliphatic carbocycles. The molecule has 2 saturated carbocycles. The Hall–Kier alpha value is -3.55. The van der Waals surface area contributed by atoms with Gasteiger partial charge in [-0.25, -0.2) is 4.68 Å². The Morgan fingerprint density at radius 1 is 0.931 bits per heavy atom. The molecule has 0 aliphatic heterocycles. The van der Waals surface area contributed by atoms with Crippen LogP contribution in [0.3, 0.4) is 0 Å². The first kappa shape index (κ1) is 17.5. The molecule has 2 N–H and O–H groups in total. The van der Waals surface area contributed by atoms with Gasteiger partial charge >= 0.3 is 0 Å². The molecule has 2 aliphatic rings. The van der Waals surface area contributed by atoms with Gasteiger partial charge < -0.3 is 10.6 Å². The van der Waals surface area contributed by atoms with E-state index in [0.717, 1.165) is 31.2 Å². The van der Waals surface area contributed by atoms with Gasteiger partial charge in [-0.3, -0.25) is 9.59 Å². The van der Waals surface area contributed by atoms with Crippen molar-refractivity contribution in [3.8, 4) is 11.4 Å². The second-order valence-electron chi connectivity index (χ2n) is 7.55. The molecule has 8 nitrogen and oxygen atoms in total. The van der Waals surface area contributed by atoms with Crippen LogP contribution in [0.15, 0.2) is 48.5 Å². The third kappa shape index (κ3) is 3.87. The SMILES string of the molecule is O=C(Nc1cccc(-c2nnnn2C2CC2)c1)c1ccc(NC(=O)C2CC2)cc1. The first-order valence-electron chi connectivity index (χ1n) is 9.78. The van der Waals surface area contributed by atoms with Gasteiger partial charge in [0.15, 0.2) is 5.82 Å². The van der Waals surface area contributed by atoms with Gasteiger partial charge in [0, 0.05) is 28.4 Å². The zero-order chi connectivity index (χ0) is 19.8. The van der Waals surface area contributed by atoms with E-state index in [1.807, 2.05) is 28.9 Å². The smallest absolute Gasteiger partial charge is 0.255 e. The fourth-order valence-corrected chi connectivity index (χ4v) is 3.18. The summed E-state index contributed by atoms with van der Waals surface area (Å²) in [6.45, 7) is 0. The molecule has 29 heavy (non-hydrogen) atoms. The van der Waals surface area contributed by atoms with E-state index in [0.29, 0.717) is 28.8 Å². The first-order chi connectivity index (χ1) is 14.2. The van der Waals surface area contributed by atoms with E-state index in [1.54, 1.807) is 24.3 Å². The maximum Gasteiger partial charge on any atom is 0.255 e. The van der Waals surface area contributed by atoms with Crippen LogP contribution < -0.4 is 10.6 Å². The number of rotatable bonds is 6. The van der Waals surface area contributed by atoms with Gasteiger partial charge in [0.05, 0.1) is 6.04 Å². The summed E-state index contributed by atoms with van der Waals surface area (Å²) in [4.78, 5) is 24.4. The number of nitrogens with zero attached hydrogens (tertiary/aromatic N) is 4. The summed E-state index contributed by atoms with van der Waals surface area (Å²) >= 11 is 0. The number of carbonyl (C=O) groups is 2. The van der Waals surface area contributed by atoms with Gasteiger partial charge in [-0.1, -0.05) is 12.1 Å². The largest absolute Gasteiger partial charge is 0.326 e. The van der Waals surface area contributed by atoms with Crippen molar-refractivity contribution in [3.05, 3.63) is 54.1 Å². The lowest BCUT2D eigenvalue weighted by molar-refractivity contribution is -0.117. The van der Waals surface area contributed by atoms with Gasteiger partial charge in [0.25, 0.3) is 5.91 Å². The van der Waals surface area contributed by atoms with Crippen molar-refractivity contribution in [1.29, 1.82) is 0 Å². The Kier molecular flexibility index (Phi) is 4.31. The van der Waals surface area contributed by atoms with Crippen molar-refractivity contribution >= 4 is 23.2 Å². The molecule has 2 amide bonds. The number of hydrogen-bond acceptors (Lipinski definition) is 5. The van der Waals surface area contributed by atoms with Gasteiger partial charge in [0.2, 0.25) is 5.91 Å².